The fourth-order valence-electron chi connectivity index (χ4n) is 2.26. The van der Waals surface area contributed by atoms with Gasteiger partial charge in [0.2, 0.25) is 0 Å². The van der Waals surface area contributed by atoms with Crippen molar-refractivity contribution in [2.24, 2.45) is 0 Å². The predicted molar refractivity (Wildman–Crippen MR) is 100 cm³/mol. The number of halogens is 3. The van der Waals surface area contributed by atoms with E-state index in [1.165, 1.54) is 23.2 Å². The van der Waals surface area contributed by atoms with Gasteiger partial charge in [0, 0.05) is 0 Å². The first-order valence-electron chi connectivity index (χ1n) is 7.55. The Bertz CT molecular complexity index is 560. The van der Waals surface area contributed by atoms with Crippen LogP contribution in [0.4, 0.5) is 0 Å². The topological polar surface area (TPSA) is 0 Å². The van der Waals surface area contributed by atoms with E-state index in [0.29, 0.717) is 0 Å². The first-order chi connectivity index (χ1) is 10.8. The molecule has 0 unspecified atom stereocenters. The molecular formula is C21H23Br3PZr-2. The fourth-order valence-corrected chi connectivity index (χ4v) is 3.26. The molecule has 0 saturated carbocycles. The summed E-state index contributed by atoms with van der Waals surface area (Å²) in [5, 5.41) is 0. The summed E-state index contributed by atoms with van der Waals surface area (Å²) >= 11 is 0. The average Bonchev–Trinajstić information content (AvgIpc) is 3.14. The van der Waals surface area contributed by atoms with Gasteiger partial charge in [0.1, 0.15) is 0 Å². The standard InChI is InChI=1S/C16H18P.C5H5.3BrH.Zr/c1-17(2)13-16(14-9-5-3-6-10-14)15-11-7-4-8-12-15;1-2-4-5-3-1;;;;/h3-12H,13H2,1-2H3;1-5H;3*1H;/q2*-1;;;;+3/p-3. The van der Waals surface area contributed by atoms with Gasteiger partial charge in [-0.3, -0.25) is 0 Å². The molecule has 0 aliphatic rings. The Morgan fingerprint density at radius 3 is 1.35 bits per heavy atom. The largest absolute Gasteiger partial charge is 3.00 e. The Labute approximate surface area is 210 Å². The molecule has 139 valence electrons. The van der Waals surface area contributed by atoms with Crippen LogP contribution in [0.1, 0.15) is 11.1 Å². The van der Waals surface area contributed by atoms with Crippen LogP contribution in [0, 0.1) is 5.92 Å². The van der Waals surface area contributed by atoms with Gasteiger partial charge in [0.05, 0.1) is 0 Å². The van der Waals surface area contributed by atoms with Gasteiger partial charge in [0.25, 0.3) is 0 Å². The maximum atomic E-state index is 2.33. The van der Waals surface area contributed by atoms with Crippen LogP contribution in [-0.2, 0) is 26.2 Å². The second-order valence-electron chi connectivity index (χ2n) is 5.41. The van der Waals surface area contributed by atoms with Crippen molar-refractivity contribution in [2.75, 3.05) is 19.5 Å². The van der Waals surface area contributed by atoms with Crippen LogP contribution in [0.3, 0.4) is 0 Å². The molecule has 0 aromatic heterocycles. The third kappa shape index (κ3) is 12.0. The van der Waals surface area contributed by atoms with E-state index in [1.807, 2.05) is 30.3 Å². The van der Waals surface area contributed by atoms with Gasteiger partial charge in [-0.2, -0.15) is 18.2 Å². The number of rotatable bonds is 4. The third-order valence-electron chi connectivity index (χ3n) is 3.27. The Balaban J connectivity index is -0.000000515. The molecule has 26 heavy (non-hydrogen) atoms. The molecule has 3 aromatic carbocycles. The molecule has 3 aromatic rings. The van der Waals surface area contributed by atoms with Gasteiger partial charge in [0.15, 0.2) is 0 Å². The van der Waals surface area contributed by atoms with Gasteiger partial charge in [-0.15, -0.1) is 49.2 Å². The van der Waals surface area contributed by atoms with Crippen molar-refractivity contribution in [1.29, 1.82) is 0 Å². The Morgan fingerprint density at radius 2 is 1.08 bits per heavy atom. The zero-order valence-electron chi connectivity index (χ0n) is 14.9. The monoisotopic (exact) mass is 633 g/mol. The van der Waals surface area contributed by atoms with E-state index >= 15 is 0 Å². The van der Waals surface area contributed by atoms with Gasteiger partial charge in [-0.05, 0) is 19.5 Å². The first-order valence-corrected chi connectivity index (χ1v) is 9.97. The van der Waals surface area contributed by atoms with Crippen LogP contribution < -0.4 is 50.9 Å². The summed E-state index contributed by atoms with van der Waals surface area (Å²) in [5.74, 6) is 1.47. The third-order valence-corrected chi connectivity index (χ3v) is 4.22. The van der Waals surface area contributed by atoms with E-state index in [2.05, 4.69) is 74.0 Å². The van der Waals surface area contributed by atoms with Crippen LogP contribution >= 0.6 is 7.92 Å². The van der Waals surface area contributed by atoms with Crippen molar-refractivity contribution >= 4 is 7.92 Å². The van der Waals surface area contributed by atoms with E-state index in [-0.39, 0.29) is 85.1 Å². The van der Waals surface area contributed by atoms with Crippen molar-refractivity contribution in [2.45, 2.75) is 0 Å². The van der Waals surface area contributed by atoms with Crippen LogP contribution in [0.25, 0.3) is 0 Å². The Morgan fingerprint density at radius 1 is 0.692 bits per heavy atom. The molecule has 0 nitrogen and oxygen atoms in total. The minimum atomic E-state index is 0. The van der Waals surface area contributed by atoms with Crippen molar-refractivity contribution in [3.05, 3.63) is 108 Å². The summed E-state index contributed by atoms with van der Waals surface area (Å²) < 4.78 is 0. The zero-order chi connectivity index (χ0) is 15.6. The van der Waals surface area contributed by atoms with Crippen LogP contribution in [0.15, 0.2) is 91.0 Å². The molecule has 0 aliphatic carbocycles. The van der Waals surface area contributed by atoms with Crippen molar-refractivity contribution in [1.82, 2.24) is 0 Å². The van der Waals surface area contributed by atoms with E-state index in [0.717, 1.165) is 0 Å². The van der Waals surface area contributed by atoms with E-state index in [9.17, 15) is 0 Å². The van der Waals surface area contributed by atoms with E-state index in [4.69, 9.17) is 0 Å². The summed E-state index contributed by atoms with van der Waals surface area (Å²) in [6.45, 7) is 4.67. The molecule has 5 heteroatoms. The molecule has 0 aliphatic heterocycles. The van der Waals surface area contributed by atoms with Gasteiger partial charge >= 0.3 is 26.2 Å². The van der Waals surface area contributed by atoms with E-state index < -0.39 is 0 Å². The molecule has 0 amide bonds. The molecule has 0 fully saturated rings. The first kappa shape index (κ1) is 31.1. The molecule has 1 radical (unpaired) electrons. The normalized spacial score (nSPS) is 8.42. The van der Waals surface area contributed by atoms with Gasteiger partial charge < -0.3 is 50.9 Å². The molecule has 0 bridgehead atoms. The smallest absolute Gasteiger partial charge is 1.00 e. The summed E-state index contributed by atoms with van der Waals surface area (Å²) in [5.41, 5.74) is 2.71. The minimum Gasteiger partial charge on any atom is -1.00 e. The van der Waals surface area contributed by atoms with Crippen LogP contribution in [0.2, 0.25) is 0 Å². The van der Waals surface area contributed by atoms with Crippen molar-refractivity contribution in [3.8, 4) is 0 Å². The molecule has 0 spiro atoms. The summed E-state index contributed by atoms with van der Waals surface area (Å²) in [6, 6.07) is 31.5. The quantitative estimate of drug-likeness (QED) is 0.209. The molecule has 0 heterocycles. The maximum absolute atomic E-state index is 2.33. The number of hydrogen-bond donors (Lipinski definition) is 0. The Kier molecular flexibility index (Phi) is 22.5. The second kappa shape index (κ2) is 18.8. The van der Waals surface area contributed by atoms with E-state index in [1.54, 1.807) is 0 Å². The van der Waals surface area contributed by atoms with Gasteiger partial charge in [-0.1, -0.05) is 36.4 Å². The van der Waals surface area contributed by atoms with Crippen LogP contribution in [0.5, 0.6) is 0 Å². The molecule has 0 N–H and O–H groups in total. The second-order valence-corrected chi connectivity index (χ2v) is 7.89. The summed E-state index contributed by atoms with van der Waals surface area (Å²) in [4.78, 5) is 0. The summed E-state index contributed by atoms with van der Waals surface area (Å²) in [6.07, 6.45) is 1.18. The van der Waals surface area contributed by atoms with Gasteiger partial charge in [-0.25, -0.2) is 12.1 Å². The average molecular weight is 637 g/mol. The predicted octanol–water partition coefficient (Wildman–Crippen LogP) is -3.19. The molecule has 3 rings (SSSR count). The Hall–Kier alpha value is 0.413. The molecule has 0 atom stereocenters. The number of hydrogen-bond acceptors (Lipinski definition) is 0. The molecule has 0 saturated heterocycles. The molecular weight excluding hydrogens is 614 g/mol. The fraction of sp³-hybridized carbons (Fsp3) is 0.143. The number of benzene rings is 2. The van der Waals surface area contributed by atoms with Crippen LogP contribution in [-0.4, -0.2) is 19.5 Å². The summed E-state index contributed by atoms with van der Waals surface area (Å²) in [7, 11) is 0.0759. The minimum absolute atomic E-state index is 0. The SMILES string of the molecule is CP(C)C[C-](c1ccccc1)c1ccccc1.[Br-].[Br-].[Br-].[Zr+3].c1cc[cH-]c1. The van der Waals surface area contributed by atoms with Crippen molar-refractivity contribution < 1.29 is 77.1 Å². The van der Waals surface area contributed by atoms with Crippen molar-refractivity contribution in [3.63, 3.8) is 0 Å². The zero-order valence-corrected chi connectivity index (χ0v) is 23.1. The maximum Gasteiger partial charge on any atom is 3.00 e.